The Hall–Kier alpha value is -1.78. The van der Waals surface area contributed by atoms with Gasteiger partial charge in [0.1, 0.15) is 0 Å². The van der Waals surface area contributed by atoms with Gasteiger partial charge in [0.2, 0.25) is 0 Å². The summed E-state index contributed by atoms with van der Waals surface area (Å²) in [4.78, 5) is 19.1. The van der Waals surface area contributed by atoms with Crippen molar-refractivity contribution in [2.45, 2.75) is 6.92 Å². The molecule has 5 heteroatoms. The van der Waals surface area contributed by atoms with Crippen molar-refractivity contribution in [3.8, 4) is 0 Å². The van der Waals surface area contributed by atoms with Crippen LogP contribution in [0.2, 0.25) is 0 Å². The molecule has 0 radical (unpaired) electrons. The first-order valence-corrected chi connectivity index (χ1v) is 3.41. The van der Waals surface area contributed by atoms with Gasteiger partial charge >= 0.3 is 11.9 Å². The molecular formula is C8H12O5. The Morgan fingerprint density at radius 1 is 1.31 bits per heavy atom. The van der Waals surface area contributed by atoms with Crippen molar-refractivity contribution in [2.75, 3.05) is 6.61 Å². The molecule has 2 N–H and O–H groups in total. The van der Waals surface area contributed by atoms with Crippen molar-refractivity contribution < 1.29 is 24.5 Å². The summed E-state index contributed by atoms with van der Waals surface area (Å²) in [6.45, 7) is 5.97. The Balaban J connectivity index is 0. The lowest BCUT2D eigenvalue weighted by Crippen LogP contribution is -1.91. The molecule has 0 unspecified atom stereocenters. The predicted octanol–water partition coefficient (Wildman–Crippen LogP) is 0.878. The van der Waals surface area contributed by atoms with Crippen molar-refractivity contribution in [1.29, 1.82) is 0 Å². The van der Waals surface area contributed by atoms with Gasteiger partial charge in [-0.3, -0.25) is 0 Å². The zero-order valence-corrected chi connectivity index (χ0v) is 7.27. The van der Waals surface area contributed by atoms with Crippen molar-refractivity contribution in [3.63, 3.8) is 0 Å². The molecule has 74 valence electrons. The first-order valence-electron chi connectivity index (χ1n) is 3.41. The van der Waals surface area contributed by atoms with Crippen molar-refractivity contribution in [2.24, 2.45) is 0 Å². The maximum Gasteiger partial charge on any atom is 0.328 e. The third-order valence-electron chi connectivity index (χ3n) is 0.653. The van der Waals surface area contributed by atoms with Crippen LogP contribution in [-0.4, -0.2) is 28.8 Å². The lowest BCUT2D eigenvalue weighted by molar-refractivity contribution is -0.134. The van der Waals surface area contributed by atoms with E-state index < -0.39 is 11.9 Å². The van der Waals surface area contributed by atoms with Crippen LogP contribution in [-0.2, 0) is 14.3 Å². The van der Waals surface area contributed by atoms with Crippen LogP contribution in [0.15, 0.2) is 25.0 Å². The number of carbonyl (C=O) groups is 2. The number of hydrogen-bond acceptors (Lipinski definition) is 3. The van der Waals surface area contributed by atoms with E-state index in [-0.39, 0.29) is 0 Å². The van der Waals surface area contributed by atoms with Crippen molar-refractivity contribution in [3.05, 3.63) is 25.0 Å². The van der Waals surface area contributed by atoms with Gasteiger partial charge in [0.05, 0.1) is 12.9 Å². The molecular weight excluding hydrogens is 176 g/mol. The smallest absolute Gasteiger partial charge is 0.328 e. The summed E-state index contributed by atoms with van der Waals surface area (Å²) in [6.07, 6.45) is 2.55. The standard InChI is InChI=1S/C4H4O4.C4H8O/c5-3(6)1-2-4(7)8;1-3-5-4-2/h1-2H,(H,5,6)(H,7,8);3H,1,4H2,2H3/b2-1-;. The summed E-state index contributed by atoms with van der Waals surface area (Å²) in [5.74, 6) is -2.51. The first-order chi connectivity index (χ1) is 6.04. The average molecular weight is 188 g/mol. The molecule has 0 bridgehead atoms. The maximum absolute atomic E-state index is 9.55. The predicted molar refractivity (Wildman–Crippen MR) is 46.2 cm³/mol. The van der Waals surface area contributed by atoms with E-state index in [1.807, 2.05) is 6.92 Å². The zero-order valence-electron chi connectivity index (χ0n) is 7.27. The summed E-state index contributed by atoms with van der Waals surface area (Å²) >= 11 is 0. The largest absolute Gasteiger partial charge is 0.502 e. The van der Waals surface area contributed by atoms with Crippen LogP contribution in [0.1, 0.15) is 6.92 Å². The lowest BCUT2D eigenvalue weighted by Gasteiger charge is -1.84. The molecule has 5 nitrogen and oxygen atoms in total. The van der Waals surface area contributed by atoms with Gasteiger partial charge in [-0.05, 0) is 6.92 Å². The zero-order chi connectivity index (χ0) is 10.7. The van der Waals surface area contributed by atoms with Gasteiger partial charge < -0.3 is 14.9 Å². The monoisotopic (exact) mass is 188 g/mol. The van der Waals surface area contributed by atoms with Crippen molar-refractivity contribution in [1.82, 2.24) is 0 Å². The molecule has 13 heavy (non-hydrogen) atoms. The first kappa shape index (κ1) is 13.8. The van der Waals surface area contributed by atoms with E-state index in [1.165, 1.54) is 6.26 Å². The summed E-state index contributed by atoms with van der Waals surface area (Å²) in [7, 11) is 0. The Kier molecular flexibility index (Phi) is 10.8. The molecule has 0 aromatic carbocycles. The van der Waals surface area contributed by atoms with E-state index in [1.54, 1.807) is 0 Å². The van der Waals surface area contributed by atoms with E-state index in [2.05, 4.69) is 11.3 Å². The third-order valence-corrected chi connectivity index (χ3v) is 0.653. The molecule has 0 amide bonds. The van der Waals surface area contributed by atoms with Gasteiger partial charge in [-0.1, -0.05) is 6.58 Å². The minimum atomic E-state index is -1.26. The molecule has 0 atom stereocenters. The van der Waals surface area contributed by atoms with Crippen LogP contribution < -0.4 is 0 Å². The van der Waals surface area contributed by atoms with Crippen molar-refractivity contribution >= 4 is 11.9 Å². The van der Waals surface area contributed by atoms with Crippen LogP contribution in [0.4, 0.5) is 0 Å². The summed E-state index contributed by atoms with van der Waals surface area (Å²) in [5, 5.41) is 15.6. The molecule has 0 aromatic heterocycles. The lowest BCUT2D eigenvalue weighted by atomic mass is 10.5. The number of aliphatic carboxylic acids is 2. The SMILES string of the molecule is C=COCC.O=C(O)/C=C\C(=O)O. The van der Waals surface area contributed by atoms with Crippen LogP contribution >= 0.6 is 0 Å². The molecule has 0 heterocycles. The summed E-state index contributed by atoms with van der Waals surface area (Å²) in [6, 6.07) is 0. The minimum absolute atomic E-state index is 0.558. The highest BCUT2D eigenvalue weighted by Gasteiger charge is 1.88. The molecule has 0 aliphatic carbocycles. The number of ether oxygens (including phenoxy) is 1. The van der Waals surface area contributed by atoms with Gasteiger partial charge in [-0.2, -0.15) is 0 Å². The van der Waals surface area contributed by atoms with Crippen LogP contribution in [0.25, 0.3) is 0 Å². The van der Waals surface area contributed by atoms with Crippen LogP contribution in [0.3, 0.4) is 0 Å². The fraction of sp³-hybridized carbons (Fsp3) is 0.250. The van der Waals surface area contributed by atoms with E-state index >= 15 is 0 Å². The Morgan fingerprint density at radius 3 is 1.77 bits per heavy atom. The molecule has 0 saturated heterocycles. The molecule has 0 spiro atoms. The second-order valence-corrected chi connectivity index (χ2v) is 1.63. The fourth-order valence-corrected chi connectivity index (χ4v) is 0.260. The van der Waals surface area contributed by atoms with Crippen LogP contribution in [0.5, 0.6) is 0 Å². The third kappa shape index (κ3) is 25.3. The topological polar surface area (TPSA) is 83.8 Å². The second-order valence-electron chi connectivity index (χ2n) is 1.63. The van der Waals surface area contributed by atoms with E-state index in [4.69, 9.17) is 10.2 Å². The summed E-state index contributed by atoms with van der Waals surface area (Å²) < 4.78 is 4.60. The Morgan fingerprint density at radius 2 is 1.69 bits per heavy atom. The van der Waals surface area contributed by atoms with Gasteiger partial charge in [0.25, 0.3) is 0 Å². The number of rotatable bonds is 4. The number of carboxylic acid groups (broad SMARTS) is 2. The molecule has 0 aliphatic rings. The highest BCUT2D eigenvalue weighted by molar-refractivity contribution is 5.89. The number of carboxylic acids is 2. The van der Waals surface area contributed by atoms with Gasteiger partial charge in [-0.25, -0.2) is 9.59 Å². The van der Waals surface area contributed by atoms with E-state index in [0.717, 1.165) is 6.61 Å². The normalized spacial score (nSPS) is 8.38. The highest BCUT2D eigenvalue weighted by atomic mass is 16.5. The summed E-state index contributed by atoms with van der Waals surface area (Å²) in [5.41, 5.74) is 0. The highest BCUT2D eigenvalue weighted by Crippen LogP contribution is 1.70. The van der Waals surface area contributed by atoms with Gasteiger partial charge in [0.15, 0.2) is 0 Å². The maximum atomic E-state index is 9.55. The van der Waals surface area contributed by atoms with Gasteiger partial charge in [-0.15, -0.1) is 0 Å². The fourth-order valence-electron chi connectivity index (χ4n) is 0.260. The molecule has 0 rings (SSSR count). The molecule has 0 aromatic rings. The second kappa shape index (κ2) is 10.2. The average Bonchev–Trinajstić information content (AvgIpc) is 2.03. The Bertz CT molecular complexity index is 179. The minimum Gasteiger partial charge on any atom is -0.502 e. The van der Waals surface area contributed by atoms with Crippen LogP contribution in [0, 0.1) is 0 Å². The molecule has 0 saturated carbocycles. The Labute approximate surface area is 75.9 Å². The van der Waals surface area contributed by atoms with E-state index in [9.17, 15) is 9.59 Å². The van der Waals surface area contributed by atoms with Gasteiger partial charge in [0, 0.05) is 12.2 Å². The quantitative estimate of drug-likeness (QED) is 0.505. The molecule has 0 aliphatic heterocycles. The number of hydrogen-bond donors (Lipinski definition) is 2. The molecule has 0 fully saturated rings. The van der Waals surface area contributed by atoms with E-state index in [0.29, 0.717) is 12.2 Å².